The van der Waals surface area contributed by atoms with Gasteiger partial charge in [0, 0.05) is 6.08 Å². The molecule has 2 rings (SSSR count). The first-order chi connectivity index (χ1) is 11.8. The second kappa shape index (κ2) is 7.88. The second-order valence-corrected chi connectivity index (χ2v) is 5.46. The van der Waals surface area contributed by atoms with Crippen molar-refractivity contribution in [1.82, 2.24) is 5.32 Å². The average molecular weight is 349 g/mol. The van der Waals surface area contributed by atoms with Crippen LogP contribution in [0.1, 0.15) is 29.7 Å². The van der Waals surface area contributed by atoms with E-state index >= 15 is 0 Å². The van der Waals surface area contributed by atoms with Gasteiger partial charge in [-0.2, -0.15) is 13.2 Å². The van der Waals surface area contributed by atoms with Gasteiger partial charge < -0.3 is 10.1 Å². The van der Waals surface area contributed by atoms with Crippen LogP contribution in [0.4, 0.5) is 13.2 Å². The number of benzene rings is 2. The lowest BCUT2D eigenvalue weighted by Gasteiger charge is -2.15. The highest BCUT2D eigenvalue weighted by molar-refractivity contribution is 5.92. The molecule has 0 aliphatic rings. The number of amides is 1. The average Bonchev–Trinajstić information content (AvgIpc) is 2.59. The van der Waals surface area contributed by atoms with Crippen molar-refractivity contribution in [3.05, 3.63) is 71.3 Å². The van der Waals surface area contributed by atoms with Gasteiger partial charge in [-0.3, -0.25) is 4.79 Å². The van der Waals surface area contributed by atoms with E-state index in [0.29, 0.717) is 11.3 Å². The van der Waals surface area contributed by atoms with Crippen LogP contribution < -0.4 is 10.1 Å². The number of nitrogens with one attached hydrogen (secondary N) is 1. The molecule has 1 N–H and O–H groups in total. The summed E-state index contributed by atoms with van der Waals surface area (Å²) >= 11 is 0. The Hall–Kier alpha value is -2.76. The Morgan fingerprint density at radius 2 is 1.84 bits per heavy atom. The van der Waals surface area contributed by atoms with Crippen LogP contribution in [-0.4, -0.2) is 13.0 Å². The van der Waals surface area contributed by atoms with Crippen molar-refractivity contribution in [2.24, 2.45) is 0 Å². The maximum Gasteiger partial charge on any atom is 0.416 e. The first kappa shape index (κ1) is 18.6. The molecule has 0 aliphatic heterocycles. The molecule has 25 heavy (non-hydrogen) atoms. The summed E-state index contributed by atoms with van der Waals surface area (Å²) < 4.78 is 43.3. The van der Waals surface area contributed by atoms with E-state index in [4.69, 9.17) is 4.74 Å². The number of carbonyl (C=O) groups excluding carboxylic acids is 1. The van der Waals surface area contributed by atoms with Crippen molar-refractivity contribution in [1.29, 1.82) is 0 Å². The van der Waals surface area contributed by atoms with Crippen molar-refractivity contribution in [3.8, 4) is 5.75 Å². The van der Waals surface area contributed by atoms with Gasteiger partial charge in [-0.15, -0.1) is 0 Å². The van der Waals surface area contributed by atoms with Gasteiger partial charge in [-0.25, -0.2) is 0 Å². The number of halogens is 3. The van der Waals surface area contributed by atoms with Crippen LogP contribution in [0.3, 0.4) is 0 Å². The number of alkyl halides is 3. The Balaban J connectivity index is 2.01. The zero-order chi connectivity index (χ0) is 18.4. The smallest absolute Gasteiger partial charge is 0.416 e. The summed E-state index contributed by atoms with van der Waals surface area (Å²) in [6.07, 6.45) is -1.45. The molecule has 0 bridgehead atoms. The Bertz CT molecular complexity index is 752. The van der Waals surface area contributed by atoms with Gasteiger partial charge in [-0.1, -0.05) is 24.3 Å². The van der Waals surface area contributed by atoms with Crippen LogP contribution in [0.25, 0.3) is 6.08 Å². The summed E-state index contributed by atoms with van der Waals surface area (Å²) in [4.78, 5) is 12.0. The van der Waals surface area contributed by atoms with Crippen LogP contribution in [0.2, 0.25) is 0 Å². The molecule has 0 aromatic heterocycles. The minimum absolute atomic E-state index is 0.388. The minimum atomic E-state index is -4.41. The van der Waals surface area contributed by atoms with Gasteiger partial charge in [0.05, 0.1) is 18.7 Å². The fourth-order valence-corrected chi connectivity index (χ4v) is 2.22. The number of rotatable bonds is 5. The maximum absolute atomic E-state index is 12.7. The third kappa shape index (κ3) is 5.38. The van der Waals surface area contributed by atoms with Crippen LogP contribution in [0.5, 0.6) is 5.75 Å². The summed E-state index contributed by atoms with van der Waals surface area (Å²) in [5.74, 6) is 0.320. The molecule has 0 saturated heterocycles. The standard InChI is InChI=1S/C19H18F3NO2/c1-13(15-4-3-5-16(12-15)19(20,21)22)23-18(24)11-8-14-6-9-17(25-2)10-7-14/h3-13H,1-2H3,(H,23,24)/b11-8+/t13-/m0/s1. The summed E-state index contributed by atoms with van der Waals surface area (Å²) in [7, 11) is 1.56. The topological polar surface area (TPSA) is 38.3 Å². The van der Waals surface area contributed by atoms with Crippen molar-refractivity contribution in [2.75, 3.05) is 7.11 Å². The van der Waals surface area contributed by atoms with E-state index < -0.39 is 17.8 Å². The van der Waals surface area contributed by atoms with Gasteiger partial charge in [-0.05, 0) is 48.4 Å². The number of hydrogen-bond acceptors (Lipinski definition) is 2. The Morgan fingerprint density at radius 1 is 1.16 bits per heavy atom. The zero-order valence-electron chi connectivity index (χ0n) is 13.8. The van der Waals surface area contributed by atoms with Gasteiger partial charge >= 0.3 is 6.18 Å². The van der Waals surface area contributed by atoms with E-state index in [0.717, 1.165) is 17.7 Å². The normalized spacial score (nSPS) is 12.8. The van der Waals surface area contributed by atoms with Crippen LogP contribution in [0.15, 0.2) is 54.6 Å². The molecule has 0 radical (unpaired) electrons. The Kier molecular flexibility index (Phi) is 5.85. The Labute approximate surface area is 144 Å². The molecule has 6 heteroatoms. The molecule has 1 amide bonds. The predicted octanol–water partition coefficient (Wildman–Crippen LogP) is 4.60. The molecule has 0 saturated carbocycles. The van der Waals surface area contributed by atoms with Gasteiger partial charge in [0.1, 0.15) is 5.75 Å². The fourth-order valence-electron chi connectivity index (χ4n) is 2.22. The van der Waals surface area contributed by atoms with Gasteiger partial charge in [0.2, 0.25) is 5.91 Å². The fraction of sp³-hybridized carbons (Fsp3) is 0.211. The molecule has 0 unspecified atom stereocenters. The molecule has 0 spiro atoms. The van der Waals surface area contributed by atoms with E-state index in [1.165, 1.54) is 12.1 Å². The van der Waals surface area contributed by atoms with E-state index in [1.807, 2.05) is 0 Å². The molecule has 2 aromatic carbocycles. The molecule has 3 nitrogen and oxygen atoms in total. The SMILES string of the molecule is COc1ccc(/C=C/C(=O)N[C@@H](C)c2cccc(C(F)(F)F)c2)cc1. The highest BCUT2D eigenvalue weighted by atomic mass is 19.4. The molecular formula is C19H18F3NO2. The highest BCUT2D eigenvalue weighted by Gasteiger charge is 2.30. The third-order valence-electron chi connectivity index (χ3n) is 3.62. The minimum Gasteiger partial charge on any atom is -0.497 e. The number of carbonyl (C=O) groups is 1. The number of ether oxygens (including phenoxy) is 1. The predicted molar refractivity (Wildman–Crippen MR) is 90.0 cm³/mol. The molecular weight excluding hydrogens is 331 g/mol. The zero-order valence-corrected chi connectivity index (χ0v) is 13.8. The van der Waals surface area contributed by atoms with Gasteiger partial charge in [0.15, 0.2) is 0 Å². The van der Waals surface area contributed by atoms with E-state index in [-0.39, 0.29) is 5.91 Å². The lowest BCUT2D eigenvalue weighted by molar-refractivity contribution is -0.137. The van der Waals surface area contributed by atoms with E-state index in [9.17, 15) is 18.0 Å². The quantitative estimate of drug-likeness (QED) is 0.801. The molecule has 0 aliphatic carbocycles. The van der Waals surface area contributed by atoms with Crippen LogP contribution >= 0.6 is 0 Å². The summed E-state index contributed by atoms with van der Waals surface area (Å²) in [6.45, 7) is 1.63. The highest BCUT2D eigenvalue weighted by Crippen LogP contribution is 2.30. The first-order valence-electron chi connectivity index (χ1n) is 7.59. The molecule has 0 heterocycles. The maximum atomic E-state index is 12.7. The van der Waals surface area contributed by atoms with Crippen molar-refractivity contribution in [3.63, 3.8) is 0 Å². The van der Waals surface area contributed by atoms with Crippen LogP contribution in [0, 0.1) is 0 Å². The molecule has 132 valence electrons. The lowest BCUT2D eigenvalue weighted by Crippen LogP contribution is -2.24. The molecule has 0 fully saturated rings. The number of hydrogen-bond donors (Lipinski definition) is 1. The lowest BCUT2D eigenvalue weighted by atomic mass is 10.0. The van der Waals surface area contributed by atoms with E-state index in [1.54, 1.807) is 50.4 Å². The Morgan fingerprint density at radius 3 is 2.44 bits per heavy atom. The molecule has 2 aromatic rings. The summed E-state index contributed by atoms with van der Waals surface area (Å²) in [5, 5.41) is 2.65. The van der Waals surface area contributed by atoms with Crippen molar-refractivity contribution in [2.45, 2.75) is 19.1 Å². The van der Waals surface area contributed by atoms with E-state index in [2.05, 4.69) is 5.32 Å². The van der Waals surface area contributed by atoms with Crippen LogP contribution in [-0.2, 0) is 11.0 Å². The van der Waals surface area contributed by atoms with Crippen molar-refractivity contribution < 1.29 is 22.7 Å². The second-order valence-electron chi connectivity index (χ2n) is 5.46. The monoisotopic (exact) mass is 349 g/mol. The van der Waals surface area contributed by atoms with Crippen molar-refractivity contribution >= 4 is 12.0 Å². The van der Waals surface area contributed by atoms with Gasteiger partial charge in [0.25, 0.3) is 0 Å². The number of methoxy groups -OCH3 is 1. The summed E-state index contributed by atoms with van der Waals surface area (Å²) in [6, 6.07) is 11.5. The largest absolute Gasteiger partial charge is 0.497 e. The summed E-state index contributed by atoms with van der Waals surface area (Å²) in [5.41, 5.74) is 0.462. The third-order valence-corrected chi connectivity index (χ3v) is 3.62. The first-order valence-corrected chi connectivity index (χ1v) is 7.59. The molecule has 1 atom stereocenters.